The maximum Gasteiger partial charge on any atom is 0.332 e. The third-order valence-electron chi connectivity index (χ3n) is 1.70. The largest absolute Gasteiger partial charge is 0.381 e. The van der Waals surface area contributed by atoms with Gasteiger partial charge in [-0.1, -0.05) is 0 Å². The Morgan fingerprint density at radius 2 is 2.43 bits per heavy atom. The van der Waals surface area contributed by atoms with Gasteiger partial charge in [0.1, 0.15) is 11.8 Å². The molecule has 7 nitrogen and oxygen atoms in total. The van der Waals surface area contributed by atoms with Crippen molar-refractivity contribution in [2.75, 3.05) is 18.1 Å². The summed E-state index contributed by atoms with van der Waals surface area (Å²) >= 11 is 0. The zero-order valence-corrected chi connectivity index (χ0v) is 7.37. The van der Waals surface area contributed by atoms with Gasteiger partial charge in [-0.3, -0.25) is 15.8 Å². The van der Waals surface area contributed by atoms with Crippen molar-refractivity contribution in [3.8, 4) is 6.07 Å². The lowest BCUT2D eigenvalue weighted by Gasteiger charge is -2.02. The monoisotopic (exact) mass is 194 g/mol. The van der Waals surface area contributed by atoms with Gasteiger partial charge < -0.3 is 5.32 Å². The summed E-state index contributed by atoms with van der Waals surface area (Å²) in [7, 11) is 1.49. The average molecular weight is 194 g/mol. The molecule has 7 heteroatoms. The number of hydrogen-bond acceptors (Lipinski definition) is 5. The third kappa shape index (κ3) is 1.40. The van der Waals surface area contributed by atoms with Gasteiger partial charge in [-0.25, -0.2) is 4.98 Å². The number of hydrogen-bond donors (Lipinski definition) is 2. The highest BCUT2D eigenvalue weighted by Gasteiger charge is 2.22. The molecular formula is C7H8N5O2+. The first-order valence-corrected chi connectivity index (χ1v) is 3.68. The number of nitrogens with one attached hydrogen (secondary N) is 2. The second kappa shape index (κ2) is 3.57. The van der Waals surface area contributed by atoms with Crippen molar-refractivity contribution in [3.05, 3.63) is 21.9 Å². The molecule has 1 aromatic heterocycles. The van der Waals surface area contributed by atoms with Gasteiger partial charge in [-0.05, 0) is 0 Å². The smallest absolute Gasteiger partial charge is 0.332 e. The van der Waals surface area contributed by atoms with E-state index in [0.717, 1.165) is 6.20 Å². The lowest BCUT2D eigenvalue weighted by molar-refractivity contribution is -0.412. The lowest BCUT2D eigenvalue weighted by atomic mass is 10.2. The van der Waals surface area contributed by atoms with Gasteiger partial charge in [0.15, 0.2) is 11.8 Å². The van der Waals surface area contributed by atoms with E-state index in [4.69, 9.17) is 11.0 Å². The van der Waals surface area contributed by atoms with Crippen molar-refractivity contribution in [3.63, 3.8) is 0 Å². The second-order valence-electron chi connectivity index (χ2n) is 2.46. The van der Waals surface area contributed by atoms with Gasteiger partial charge in [0, 0.05) is 7.05 Å². The molecule has 1 heterocycles. The molecule has 4 N–H and O–H groups in total. The molecule has 0 aromatic carbocycles. The molecule has 0 radical (unpaired) electrons. The van der Waals surface area contributed by atoms with Gasteiger partial charge in [-0.2, -0.15) is 5.26 Å². The van der Waals surface area contributed by atoms with Crippen LogP contribution in [0.25, 0.3) is 0 Å². The Balaban J connectivity index is 3.50. The summed E-state index contributed by atoms with van der Waals surface area (Å²) in [6.45, 7) is 0. The van der Waals surface area contributed by atoms with Crippen LogP contribution in [0, 0.1) is 21.4 Å². The number of nitrogens with two attached hydrogens (primary N) is 1. The van der Waals surface area contributed by atoms with E-state index in [9.17, 15) is 10.1 Å². The number of anilines is 2. The number of nitrogen functional groups attached to an aromatic ring is 1. The van der Waals surface area contributed by atoms with Gasteiger partial charge in [0.25, 0.3) is 5.82 Å². The van der Waals surface area contributed by atoms with Crippen molar-refractivity contribution in [2.45, 2.75) is 0 Å². The van der Waals surface area contributed by atoms with E-state index in [1.807, 2.05) is 0 Å². The van der Waals surface area contributed by atoms with Gasteiger partial charge in [0.2, 0.25) is 0 Å². The molecule has 0 amide bonds. The minimum atomic E-state index is -0.595. The average Bonchev–Trinajstić information content (AvgIpc) is 2.16. The van der Waals surface area contributed by atoms with E-state index in [0.29, 0.717) is 0 Å². The molecule has 0 saturated carbocycles. The molecule has 0 aliphatic carbocycles. The fourth-order valence-electron chi connectivity index (χ4n) is 1.07. The summed E-state index contributed by atoms with van der Waals surface area (Å²) in [5.41, 5.74) is 5.39. The number of nitriles is 1. The summed E-state index contributed by atoms with van der Waals surface area (Å²) in [4.78, 5) is 12.4. The summed E-state index contributed by atoms with van der Waals surface area (Å²) < 4.78 is 0. The molecule has 1 aromatic rings. The Labute approximate surface area is 79.3 Å². The Morgan fingerprint density at radius 3 is 2.86 bits per heavy atom. The standard InChI is InChI=1S/C7H7N5O2/c1-10-6-4(2-8)7(9)11-3-5(6)12(13)14/h3H,1H3,(H3,9,10,11)/p+1. The molecule has 0 fully saturated rings. The molecular weight excluding hydrogens is 186 g/mol. The quantitative estimate of drug-likeness (QED) is 0.503. The fourth-order valence-corrected chi connectivity index (χ4v) is 1.07. The zero-order chi connectivity index (χ0) is 10.7. The first kappa shape index (κ1) is 9.73. The Morgan fingerprint density at radius 1 is 1.79 bits per heavy atom. The molecule has 1 rings (SSSR count). The number of pyridine rings is 1. The van der Waals surface area contributed by atoms with Crippen LogP contribution in [-0.2, 0) is 0 Å². The van der Waals surface area contributed by atoms with Crippen LogP contribution in [0.2, 0.25) is 0 Å². The van der Waals surface area contributed by atoms with Crippen LogP contribution in [0.4, 0.5) is 17.2 Å². The number of nitro groups is 1. The number of aromatic amines is 1. The van der Waals surface area contributed by atoms with Crippen LogP contribution in [0.3, 0.4) is 0 Å². The van der Waals surface area contributed by atoms with Crippen molar-refractivity contribution in [1.29, 1.82) is 5.26 Å². The van der Waals surface area contributed by atoms with E-state index >= 15 is 0 Å². The van der Waals surface area contributed by atoms with Gasteiger partial charge in [0.05, 0.1) is 4.92 Å². The van der Waals surface area contributed by atoms with E-state index in [-0.39, 0.29) is 22.8 Å². The van der Waals surface area contributed by atoms with Crippen LogP contribution in [0.1, 0.15) is 5.56 Å². The van der Waals surface area contributed by atoms with Crippen molar-refractivity contribution < 1.29 is 9.91 Å². The summed E-state index contributed by atoms with van der Waals surface area (Å²) in [5, 5.41) is 21.9. The normalized spacial score (nSPS) is 9.14. The molecule has 0 bridgehead atoms. The highest BCUT2D eigenvalue weighted by Crippen LogP contribution is 2.27. The summed E-state index contributed by atoms with van der Waals surface area (Å²) in [6, 6.07) is 1.79. The predicted molar refractivity (Wildman–Crippen MR) is 48.3 cm³/mol. The lowest BCUT2D eigenvalue weighted by Crippen LogP contribution is -2.15. The predicted octanol–water partition coefficient (Wildman–Crippen LogP) is -0.0955. The molecule has 0 atom stereocenters. The molecule has 14 heavy (non-hydrogen) atoms. The van der Waals surface area contributed by atoms with Crippen LogP contribution < -0.4 is 16.0 Å². The molecule has 0 spiro atoms. The molecule has 0 aliphatic heterocycles. The molecule has 0 unspecified atom stereocenters. The number of rotatable bonds is 2. The van der Waals surface area contributed by atoms with Crippen molar-refractivity contribution in [1.82, 2.24) is 0 Å². The summed E-state index contributed by atoms with van der Waals surface area (Å²) in [6.07, 6.45) is 1.14. The SMILES string of the molecule is CNc1c([N+](=O)[O-])c[nH+]c(N)c1C#N. The van der Waals surface area contributed by atoms with E-state index in [1.54, 1.807) is 6.07 Å². The molecule has 72 valence electrons. The Hall–Kier alpha value is -2.36. The van der Waals surface area contributed by atoms with E-state index < -0.39 is 4.92 Å². The highest BCUT2D eigenvalue weighted by molar-refractivity contribution is 5.72. The third-order valence-corrected chi connectivity index (χ3v) is 1.70. The number of aromatic nitrogens is 1. The number of nitrogens with zero attached hydrogens (tertiary/aromatic N) is 2. The molecule has 0 saturated heterocycles. The first-order valence-electron chi connectivity index (χ1n) is 3.68. The topological polar surface area (TPSA) is 119 Å². The Bertz CT molecular complexity index is 423. The van der Waals surface area contributed by atoms with E-state index in [2.05, 4.69) is 10.3 Å². The second-order valence-corrected chi connectivity index (χ2v) is 2.46. The minimum absolute atomic E-state index is 0.0432. The minimum Gasteiger partial charge on any atom is -0.381 e. The highest BCUT2D eigenvalue weighted by atomic mass is 16.6. The van der Waals surface area contributed by atoms with Crippen molar-refractivity contribution >= 4 is 17.2 Å². The van der Waals surface area contributed by atoms with Gasteiger partial charge >= 0.3 is 5.69 Å². The fraction of sp³-hybridized carbons (Fsp3) is 0.143. The van der Waals surface area contributed by atoms with Crippen LogP contribution in [-0.4, -0.2) is 12.0 Å². The van der Waals surface area contributed by atoms with E-state index in [1.165, 1.54) is 7.05 Å². The zero-order valence-electron chi connectivity index (χ0n) is 7.37. The summed E-state index contributed by atoms with van der Waals surface area (Å²) in [5.74, 6) is 0.0995. The van der Waals surface area contributed by atoms with Crippen LogP contribution in [0.5, 0.6) is 0 Å². The maximum absolute atomic E-state index is 10.6. The van der Waals surface area contributed by atoms with Crippen LogP contribution >= 0.6 is 0 Å². The maximum atomic E-state index is 10.6. The van der Waals surface area contributed by atoms with Gasteiger partial charge in [-0.15, -0.1) is 0 Å². The van der Waals surface area contributed by atoms with Crippen LogP contribution in [0.15, 0.2) is 6.20 Å². The first-order chi connectivity index (χ1) is 6.61. The Kier molecular flexibility index (Phi) is 2.48. The van der Waals surface area contributed by atoms with Crippen molar-refractivity contribution in [2.24, 2.45) is 0 Å². The number of H-pyrrole nitrogens is 1. The molecule has 0 aliphatic rings.